The molecule has 5 nitrogen and oxygen atoms in total. The molecule has 1 aromatic carbocycles. The number of rotatable bonds is 3. The average molecular weight is 388 g/mol. The van der Waals surface area contributed by atoms with Crippen molar-refractivity contribution < 1.29 is 13.6 Å². The van der Waals surface area contributed by atoms with E-state index in [1.54, 1.807) is 12.3 Å². The summed E-state index contributed by atoms with van der Waals surface area (Å²) in [6.07, 6.45) is 1.62. The summed E-state index contributed by atoms with van der Waals surface area (Å²) < 4.78 is 26.5. The van der Waals surface area contributed by atoms with E-state index in [0.717, 1.165) is 26.4 Å². The summed E-state index contributed by atoms with van der Waals surface area (Å²) in [7, 11) is 0. The second-order valence-electron chi connectivity index (χ2n) is 6.88. The van der Waals surface area contributed by atoms with E-state index in [2.05, 4.69) is 20.5 Å². The minimum atomic E-state index is -2.64. The van der Waals surface area contributed by atoms with Crippen LogP contribution < -0.4 is 5.32 Å². The highest BCUT2D eigenvalue weighted by molar-refractivity contribution is 7.14. The second kappa shape index (κ2) is 6.92. The standard InChI is InChI=1S/C19H18F2N4OS/c1-11-24-25-18(27-11)13-2-3-14-10-22-16(9-15(14)8-13)23-17(26)12-4-6-19(20,21)7-5-12/h2-3,8-10,12H,4-7H2,1H3,(H,22,23,26). The van der Waals surface area contributed by atoms with Crippen LogP contribution in [0.15, 0.2) is 30.5 Å². The number of nitrogens with one attached hydrogen (secondary N) is 1. The number of carbonyl (C=O) groups is 1. The maximum Gasteiger partial charge on any atom is 0.248 e. The van der Waals surface area contributed by atoms with E-state index in [4.69, 9.17) is 0 Å². The number of halogens is 2. The number of hydrogen-bond donors (Lipinski definition) is 1. The van der Waals surface area contributed by atoms with Crippen molar-refractivity contribution in [1.29, 1.82) is 0 Å². The van der Waals surface area contributed by atoms with Crippen LogP contribution in [0.25, 0.3) is 21.3 Å². The normalized spacial score (nSPS) is 17.1. The van der Waals surface area contributed by atoms with Gasteiger partial charge in [0.2, 0.25) is 11.8 Å². The van der Waals surface area contributed by atoms with Crippen LogP contribution in [0.3, 0.4) is 0 Å². The Balaban J connectivity index is 1.53. The minimum absolute atomic E-state index is 0.201. The molecule has 8 heteroatoms. The van der Waals surface area contributed by atoms with Gasteiger partial charge in [0.25, 0.3) is 0 Å². The molecular weight excluding hydrogens is 370 g/mol. The number of pyridine rings is 1. The fraction of sp³-hybridized carbons (Fsp3) is 0.368. The summed E-state index contributed by atoms with van der Waals surface area (Å²) in [6, 6.07) is 7.68. The number of amides is 1. The van der Waals surface area contributed by atoms with Gasteiger partial charge in [-0.2, -0.15) is 0 Å². The average Bonchev–Trinajstić information content (AvgIpc) is 3.07. The number of alkyl halides is 2. The van der Waals surface area contributed by atoms with Crippen molar-refractivity contribution >= 4 is 33.8 Å². The molecule has 1 N–H and O–H groups in total. The zero-order valence-corrected chi connectivity index (χ0v) is 15.5. The van der Waals surface area contributed by atoms with Crippen LogP contribution in [0.5, 0.6) is 0 Å². The topological polar surface area (TPSA) is 67.8 Å². The molecule has 2 aromatic heterocycles. The van der Waals surface area contributed by atoms with Crippen LogP contribution in [0.2, 0.25) is 0 Å². The fourth-order valence-electron chi connectivity index (χ4n) is 3.29. The van der Waals surface area contributed by atoms with Crippen LogP contribution in [0.4, 0.5) is 14.6 Å². The van der Waals surface area contributed by atoms with E-state index < -0.39 is 11.8 Å². The van der Waals surface area contributed by atoms with Gasteiger partial charge in [0.05, 0.1) is 0 Å². The molecule has 1 fully saturated rings. The zero-order valence-electron chi connectivity index (χ0n) is 14.7. The first-order chi connectivity index (χ1) is 12.9. The lowest BCUT2D eigenvalue weighted by atomic mass is 9.86. The molecule has 0 saturated heterocycles. The van der Waals surface area contributed by atoms with Crippen molar-refractivity contribution in [3.05, 3.63) is 35.5 Å². The highest BCUT2D eigenvalue weighted by atomic mass is 32.1. The van der Waals surface area contributed by atoms with Gasteiger partial charge in [-0.15, -0.1) is 10.2 Å². The highest BCUT2D eigenvalue weighted by Crippen LogP contribution is 2.36. The van der Waals surface area contributed by atoms with Crippen molar-refractivity contribution in [2.45, 2.75) is 38.5 Å². The Bertz CT molecular complexity index is 994. The van der Waals surface area contributed by atoms with E-state index in [-0.39, 0.29) is 31.6 Å². The van der Waals surface area contributed by atoms with Crippen molar-refractivity contribution in [3.63, 3.8) is 0 Å². The highest BCUT2D eigenvalue weighted by Gasteiger charge is 2.37. The number of anilines is 1. The molecule has 1 aliphatic carbocycles. The molecule has 2 heterocycles. The largest absolute Gasteiger partial charge is 0.310 e. The van der Waals surface area contributed by atoms with Crippen LogP contribution in [0.1, 0.15) is 30.7 Å². The molecule has 3 aromatic rings. The Hall–Kier alpha value is -2.48. The minimum Gasteiger partial charge on any atom is -0.310 e. The summed E-state index contributed by atoms with van der Waals surface area (Å²) in [5.41, 5.74) is 0.950. The van der Waals surface area contributed by atoms with Gasteiger partial charge in [-0.3, -0.25) is 4.79 Å². The molecule has 0 atom stereocenters. The Morgan fingerprint density at radius 1 is 1.19 bits per heavy atom. The first-order valence-electron chi connectivity index (χ1n) is 8.79. The number of aryl methyl sites for hydroxylation is 1. The van der Waals surface area contributed by atoms with Gasteiger partial charge >= 0.3 is 0 Å². The molecule has 0 unspecified atom stereocenters. The predicted octanol–water partition coefficient (Wildman–Crippen LogP) is 4.83. The van der Waals surface area contributed by atoms with Crippen molar-refractivity contribution in [2.75, 3.05) is 5.32 Å². The summed E-state index contributed by atoms with van der Waals surface area (Å²) in [5.74, 6) is -2.85. The number of hydrogen-bond acceptors (Lipinski definition) is 5. The van der Waals surface area contributed by atoms with Crippen molar-refractivity contribution in [2.24, 2.45) is 5.92 Å². The molecule has 0 radical (unpaired) electrons. The number of carbonyl (C=O) groups excluding carboxylic acids is 1. The Kier molecular flexibility index (Phi) is 4.59. The smallest absolute Gasteiger partial charge is 0.248 e. The maximum absolute atomic E-state index is 13.3. The maximum atomic E-state index is 13.3. The van der Waals surface area contributed by atoms with E-state index in [1.165, 1.54) is 11.3 Å². The molecule has 27 heavy (non-hydrogen) atoms. The molecule has 4 rings (SSSR count). The number of nitrogens with zero attached hydrogens (tertiary/aromatic N) is 3. The SMILES string of the molecule is Cc1nnc(-c2ccc3cnc(NC(=O)C4CCC(F)(F)CC4)cc3c2)s1. The monoisotopic (exact) mass is 388 g/mol. The Morgan fingerprint density at radius 3 is 2.67 bits per heavy atom. The molecule has 1 amide bonds. The second-order valence-corrected chi connectivity index (χ2v) is 8.06. The lowest BCUT2D eigenvalue weighted by Gasteiger charge is -2.27. The van der Waals surface area contributed by atoms with E-state index in [0.29, 0.717) is 5.82 Å². The van der Waals surface area contributed by atoms with Crippen LogP contribution in [-0.4, -0.2) is 27.0 Å². The van der Waals surface area contributed by atoms with Gasteiger partial charge < -0.3 is 5.32 Å². The third-order valence-corrected chi connectivity index (χ3v) is 5.72. The lowest BCUT2D eigenvalue weighted by molar-refractivity contribution is -0.124. The quantitative estimate of drug-likeness (QED) is 0.698. The van der Waals surface area contributed by atoms with Gasteiger partial charge in [-0.25, -0.2) is 13.8 Å². The van der Waals surface area contributed by atoms with E-state index in [1.807, 2.05) is 25.1 Å². The van der Waals surface area contributed by atoms with Crippen molar-refractivity contribution in [3.8, 4) is 10.6 Å². The summed E-state index contributed by atoms with van der Waals surface area (Å²) >= 11 is 1.51. The van der Waals surface area contributed by atoms with Gasteiger partial charge in [0, 0.05) is 35.9 Å². The Morgan fingerprint density at radius 2 is 1.96 bits per heavy atom. The van der Waals surface area contributed by atoms with Gasteiger partial charge in [0.15, 0.2) is 0 Å². The molecule has 1 saturated carbocycles. The number of fused-ring (bicyclic) bond motifs is 1. The van der Waals surface area contributed by atoms with E-state index >= 15 is 0 Å². The molecule has 140 valence electrons. The molecule has 0 aliphatic heterocycles. The zero-order chi connectivity index (χ0) is 19.0. The summed E-state index contributed by atoms with van der Waals surface area (Å²) in [5, 5.41) is 14.6. The third-order valence-electron chi connectivity index (χ3n) is 4.83. The van der Waals surface area contributed by atoms with E-state index in [9.17, 15) is 13.6 Å². The van der Waals surface area contributed by atoms with Crippen LogP contribution >= 0.6 is 11.3 Å². The summed E-state index contributed by atoms with van der Waals surface area (Å²) in [4.78, 5) is 16.7. The first kappa shape index (κ1) is 17.9. The first-order valence-corrected chi connectivity index (χ1v) is 9.60. The molecule has 0 bridgehead atoms. The lowest BCUT2D eigenvalue weighted by Crippen LogP contribution is -2.32. The molecular formula is C19H18F2N4OS. The van der Waals surface area contributed by atoms with Gasteiger partial charge in [-0.05, 0) is 37.3 Å². The molecule has 0 spiro atoms. The van der Waals surface area contributed by atoms with Gasteiger partial charge in [-0.1, -0.05) is 23.5 Å². The third kappa shape index (κ3) is 3.95. The van der Waals surface area contributed by atoms with Crippen molar-refractivity contribution in [1.82, 2.24) is 15.2 Å². The van der Waals surface area contributed by atoms with Crippen LogP contribution in [0, 0.1) is 12.8 Å². The predicted molar refractivity (Wildman–Crippen MR) is 101 cm³/mol. The fourth-order valence-corrected chi connectivity index (χ4v) is 3.97. The van der Waals surface area contributed by atoms with Crippen LogP contribution in [-0.2, 0) is 4.79 Å². The number of benzene rings is 1. The number of aromatic nitrogens is 3. The molecule has 1 aliphatic rings. The summed E-state index contributed by atoms with van der Waals surface area (Å²) in [6.45, 7) is 1.90. The van der Waals surface area contributed by atoms with Gasteiger partial charge in [0.1, 0.15) is 15.8 Å². The Labute approximate surface area is 158 Å².